The van der Waals surface area contributed by atoms with Gasteiger partial charge in [-0.2, -0.15) is 0 Å². The van der Waals surface area contributed by atoms with Crippen molar-refractivity contribution < 1.29 is 29.3 Å². The molecule has 0 heterocycles. The molecule has 4 saturated carbocycles. The predicted molar refractivity (Wildman–Crippen MR) is 226 cm³/mol. The fourth-order valence-electron chi connectivity index (χ4n) is 13.9. The molecule has 57 heavy (non-hydrogen) atoms. The summed E-state index contributed by atoms with van der Waals surface area (Å²) in [6, 6.07) is 10.6. The second-order valence-corrected chi connectivity index (χ2v) is 21.9. The van der Waals surface area contributed by atoms with Crippen LogP contribution in [0.4, 0.5) is 0 Å². The average molecular weight is 789 g/mol. The minimum atomic E-state index is -1.17. The van der Waals surface area contributed by atoms with E-state index in [1.165, 1.54) is 11.1 Å². The molecule has 4 fully saturated rings. The van der Waals surface area contributed by atoms with Gasteiger partial charge in [0.1, 0.15) is 6.10 Å². The first-order valence-electron chi connectivity index (χ1n) is 22.3. The maximum Gasteiger partial charge on any atom is 0.309 e. The molecule has 1 aromatic rings. The molecule has 318 valence electrons. The number of ether oxygens (including phenoxy) is 1. The highest BCUT2D eigenvalue weighted by Gasteiger charge is 2.71. The smallest absolute Gasteiger partial charge is 0.309 e. The van der Waals surface area contributed by atoms with Gasteiger partial charge >= 0.3 is 11.9 Å². The minimum absolute atomic E-state index is 0.0129. The number of hydrogen-bond donors (Lipinski definition) is 2. The first-order chi connectivity index (χ1) is 26.5. The number of carboxylic acid groups (broad SMARTS) is 1. The first-order valence-corrected chi connectivity index (χ1v) is 22.3. The molecule has 0 spiro atoms. The number of rotatable bonds is 14. The third kappa shape index (κ3) is 7.60. The molecule has 0 aliphatic heterocycles. The highest BCUT2D eigenvalue weighted by molar-refractivity contribution is 6.00. The van der Waals surface area contributed by atoms with Crippen LogP contribution in [0.25, 0.3) is 0 Å². The molecule has 8 nitrogen and oxygen atoms in total. The lowest BCUT2D eigenvalue weighted by Crippen LogP contribution is -2.66. The van der Waals surface area contributed by atoms with Gasteiger partial charge in [-0.3, -0.25) is 19.3 Å². The summed E-state index contributed by atoms with van der Waals surface area (Å²) in [6.07, 6.45) is 8.26. The molecule has 5 aliphatic carbocycles. The maximum absolute atomic E-state index is 14.3. The van der Waals surface area contributed by atoms with Crippen molar-refractivity contribution in [2.45, 2.75) is 145 Å². The Kier molecular flexibility index (Phi) is 12.2. The van der Waals surface area contributed by atoms with E-state index in [4.69, 9.17) is 4.74 Å². The number of aliphatic carboxylic acids is 1. The molecule has 5 aliphatic rings. The van der Waals surface area contributed by atoms with Gasteiger partial charge in [0, 0.05) is 43.4 Å². The van der Waals surface area contributed by atoms with Crippen LogP contribution in [0.15, 0.2) is 41.5 Å². The normalized spacial score (nSPS) is 35.5. The monoisotopic (exact) mass is 789 g/mol. The number of aliphatic hydroxyl groups excluding tert-OH is 1. The second-order valence-electron chi connectivity index (χ2n) is 21.9. The lowest BCUT2D eigenvalue weighted by atomic mass is 9.33. The quantitative estimate of drug-likeness (QED) is 0.180. The Labute approximate surface area is 344 Å². The van der Waals surface area contributed by atoms with E-state index in [0.717, 1.165) is 83.0 Å². The fourth-order valence-corrected chi connectivity index (χ4v) is 13.9. The van der Waals surface area contributed by atoms with E-state index in [1.54, 1.807) is 13.8 Å². The van der Waals surface area contributed by atoms with Crippen LogP contribution in [0.2, 0.25) is 0 Å². The molecule has 2 N–H and O–H groups in total. The Bertz CT molecular complexity index is 1700. The van der Waals surface area contributed by atoms with E-state index in [2.05, 4.69) is 103 Å². The molecule has 0 radical (unpaired) electrons. The molecule has 8 heteroatoms. The third-order valence-electron chi connectivity index (χ3n) is 17.4. The zero-order chi connectivity index (χ0) is 41.9. The van der Waals surface area contributed by atoms with Gasteiger partial charge in [0.15, 0.2) is 5.78 Å². The number of carboxylic acids is 1. The topological polar surface area (TPSA) is 107 Å². The number of fused-ring (bicyclic) bond motifs is 7. The Hall–Kier alpha value is -2.55. The summed E-state index contributed by atoms with van der Waals surface area (Å²) in [7, 11) is 4.21. The van der Waals surface area contributed by atoms with Gasteiger partial charge in [-0.25, -0.2) is 0 Å². The third-order valence-corrected chi connectivity index (χ3v) is 17.4. The number of Topliss-reactive ketones (excluding diaryl/α,β-unsaturated/α-hetero) is 1. The number of ketones is 1. The molecule has 0 saturated heterocycles. The molecule has 0 aromatic heterocycles. The van der Waals surface area contributed by atoms with Crippen LogP contribution < -0.4 is 0 Å². The zero-order valence-electron chi connectivity index (χ0n) is 37.4. The van der Waals surface area contributed by atoms with Crippen LogP contribution in [0.3, 0.4) is 0 Å². The summed E-state index contributed by atoms with van der Waals surface area (Å²) in [5.74, 6) is 0.0937. The van der Waals surface area contributed by atoms with E-state index in [1.807, 2.05) is 0 Å². The van der Waals surface area contributed by atoms with Crippen LogP contribution >= 0.6 is 0 Å². The maximum atomic E-state index is 14.3. The van der Waals surface area contributed by atoms with E-state index < -0.39 is 28.9 Å². The number of benzene rings is 1. The standard InChI is InChI=1S/C49H76N2O6/c1-32(2)41-35(52)29-49(38(53)31-51(28-27-50(10)11)26-21-33-15-13-12-14-16-33)25-24-47(8)34(42(41)49)17-18-37-46(7)22-20-39(57-40(54)30-44(3,4)43(55)56)45(5,6)36(46)19-23-48(37,47)9/h12-16,32,34,36-39,53H,17-31H2,1-11H3,(H,55,56). The van der Waals surface area contributed by atoms with Crippen LogP contribution in [-0.2, 0) is 25.5 Å². The van der Waals surface area contributed by atoms with E-state index in [9.17, 15) is 24.6 Å². The predicted octanol–water partition coefficient (Wildman–Crippen LogP) is 8.85. The highest BCUT2D eigenvalue weighted by Crippen LogP contribution is 2.77. The summed E-state index contributed by atoms with van der Waals surface area (Å²) in [4.78, 5) is 43.9. The SMILES string of the molecule is CC(C)C1=C2C3CCC4C5(C)CCC(OC(=O)CC(C)(C)C(=O)O)C(C)(C)C5CCC4(C)C3(C)CCC2(C(O)CN(CCc2ccccc2)CCN(C)C)CC1=O. The van der Waals surface area contributed by atoms with Crippen molar-refractivity contribution in [3.63, 3.8) is 0 Å². The number of carbonyl (C=O) groups excluding carboxylic acids is 2. The molecule has 0 amide bonds. The van der Waals surface area contributed by atoms with Gasteiger partial charge < -0.3 is 19.8 Å². The van der Waals surface area contributed by atoms with Gasteiger partial charge in [-0.05, 0) is 137 Å². The summed E-state index contributed by atoms with van der Waals surface area (Å²) in [5.41, 5.74) is 1.82. The number of allylic oxidation sites excluding steroid dienone is 1. The highest BCUT2D eigenvalue weighted by atomic mass is 16.5. The number of esters is 1. The van der Waals surface area contributed by atoms with Crippen molar-refractivity contribution in [3.8, 4) is 0 Å². The average Bonchev–Trinajstić information content (AvgIpc) is 3.44. The minimum Gasteiger partial charge on any atom is -0.481 e. The number of hydrogen-bond acceptors (Lipinski definition) is 7. The lowest BCUT2D eigenvalue weighted by molar-refractivity contribution is -0.235. The van der Waals surface area contributed by atoms with Gasteiger partial charge in [0.2, 0.25) is 0 Å². The number of aliphatic hydroxyl groups is 1. The van der Waals surface area contributed by atoms with E-state index >= 15 is 0 Å². The number of nitrogens with zero attached hydrogens (tertiary/aromatic N) is 2. The van der Waals surface area contributed by atoms with Crippen LogP contribution in [0.5, 0.6) is 0 Å². The Morgan fingerprint density at radius 2 is 1.56 bits per heavy atom. The fraction of sp³-hybridized carbons (Fsp3) is 0.776. The van der Waals surface area contributed by atoms with Crippen molar-refractivity contribution >= 4 is 17.7 Å². The molecule has 9 atom stereocenters. The summed E-state index contributed by atoms with van der Waals surface area (Å²) >= 11 is 0. The first kappa shape index (κ1) is 44.0. The van der Waals surface area contributed by atoms with Crippen molar-refractivity contribution in [2.75, 3.05) is 40.3 Å². The number of likely N-dealkylation sites (N-methyl/N-ethyl adjacent to an activating group) is 1. The van der Waals surface area contributed by atoms with Crippen molar-refractivity contribution in [2.24, 2.45) is 56.2 Å². The van der Waals surface area contributed by atoms with Crippen molar-refractivity contribution in [1.82, 2.24) is 9.80 Å². The Morgan fingerprint density at radius 1 is 0.877 bits per heavy atom. The molecule has 9 unspecified atom stereocenters. The molecular weight excluding hydrogens is 713 g/mol. The van der Waals surface area contributed by atoms with Crippen molar-refractivity contribution in [1.29, 1.82) is 0 Å². The van der Waals surface area contributed by atoms with Crippen LogP contribution in [-0.4, -0.2) is 90.2 Å². The number of carbonyl (C=O) groups is 3. The molecule has 0 bridgehead atoms. The van der Waals surface area contributed by atoms with Gasteiger partial charge in [0.05, 0.1) is 17.9 Å². The lowest BCUT2D eigenvalue weighted by Gasteiger charge is -2.72. The van der Waals surface area contributed by atoms with E-state index in [0.29, 0.717) is 24.8 Å². The second kappa shape index (κ2) is 15.8. The Morgan fingerprint density at radius 3 is 2.19 bits per heavy atom. The zero-order valence-corrected chi connectivity index (χ0v) is 37.4. The summed E-state index contributed by atoms with van der Waals surface area (Å²) in [5, 5.41) is 22.3. The largest absolute Gasteiger partial charge is 0.481 e. The molecule has 1 aromatic carbocycles. The summed E-state index contributed by atoms with van der Waals surface area (Å²) in [6.45, 7) is 23.0. The molecule has 6 rings (SSSR count). The van der Waals surface area contributed by atoms with Crippen LogP contribution in [0.1, 0.15) is 132 Å². The van der Waals surface area contributed by atoms with Crippen LogP contribution in [0, 0.1) is 56.2 Å². The molecular formula is C49H76N2O6. The van der Waals surface area contributed by atoms with Crippen molar-refractivity contribution in [3.05, 3.63) is 47.0 Å². The summed E-state index contributed by atoms with van der Waals surface area (Å²) < 4.78 is 6.20. The van der Waals surface area contributed by atoms with E-state index in [-0.39, 0.29) is 51.8 Å². The van der Waals surface area contributed by atoms with Gasteiger partial charge in [-0.1, -0.05) is 84.4 Å². The Balaban J connectivity index is 1.27. The van der Waals surface area contributed by atoms with Gasteiger partial charge in [0.25, 0.3) is 0 Å². The van der Waals surface area contributed by atoms with Gasteiger partial charge in [-0.15, -0.1) is 0 Å².